The van der Waals surface area contributed by atoms with Crippen LogP contribution in [-0.2, 0) is 11.3 Å². The number of hydrogen-bond donors (Lipinski definition) is 2. The van der Waals surface area contributed by atoms with E-state index < -0.39 is 12.0 Å². The second-order valence-electron chi connectivity index (χ2n) is 6.03. The number of hydrogen-bond acceptors (Lipinski definition) is 7. The largest absolute Gasteiger partial charge is 0.467 e. The summed E-state index contributed by atoms with van der Waals surface area (Å²) in [7, 11) is 1.54. The first-order valence-corrected chi connectivity index (χ1v) is 8.50. The van der Waals surface area contributed by atoms with Gasteiger partial charge in [-0.15, -0.1) is 0 Å². The van der Waals surface area contributed by atoms with Gasteiger partial charge >= 0.3 is 0 Å². The smallest absolute Gasteiger partial charge is 0.265 e. The summed E-state index contributed by atoms with van der Waals surface area (Å²) < 4.78 is 16.9. The van der Waals surface area contributed by atoms with E-state index >= 15 is 0 Å². The van der Waals surface area contributed by atoms with Crippen LogP contribution in [0.3, 0.4) is 0 Å². The number of aromatic nitrogens is 2. The molecule has 0 aliphatic carbocycles. The molecule has 0 saturated heterocycles. The molecule has 3 aromatic heterocycles. The van der Waals surface area contributed by atoms with Gasteiger partial charge in [-0.1, -0.05) is 0 Å². The molecule has 1 unspecified atom stereocenters. The van der Waals surface area contributed by atoms with Crippen LogP contribution in [0.15, 0.2) is 38.4 Å². The van der Waals surface area contributed by atoms with Crippen LogP contribution in [0, 0.1) is 6.92 Å². The van der Waals surface area contributed by atoms with Gasteiger partial charge in [0.25, 0.3) is 11.5 Å². The summed E-state index contributed by atoms with van der Waals surface area (Å²) in [6.07, 6.45) is 2.29. The molecule has 0 radical (unpaired) electrons. The van der Waals surface area contributed by atoms with Gasteiger partial charge in [-0.2, -0.15) is 0 Å². The molecule has 3 heterocycles. The molecular formula is C18H21N3O6. The quantitative estimate of drug-likeness (QED) is 0.610. The number of amides is 1. The molecule has 9 nitrogen and oxygen atoms in total. The zero-order chi connectivity index (χ0) is 19.4. The molecular weight excluding hydrogens is 354 g/mol. The Kier molecular flexibility index (Phi) is 5.72. The predicted molar refractivity (Wildman–Crippen MR) is 95.5 cm³/mol. The number of aliphatic hydroxyl groups excluding tert-OH is 1. The van der Waals surface area contributed by atoms with Gasteiger partial charge in [-0.25, -0.2) is 4.98 Å². The molecule has 0 bridgehead atoms. The van der Waals surface area contributed by atoms with Crippen LogP contribution < -0.4 is 10.9 Å². The van der Waals surface area contributed by atoms with E-state index in [4.69, 9.17) is 13.6 Å². The van der Waals surface area contributed by atoms with Gasteiger partial charge in [0.1, 0.15) is 29.3 Å². The highest BCUT2D eigenvalue weighted by Gasteiger charge is 2.23. The molecule has 27 heavy (non-hydrogen) atoms. The van der Waals surface area contributed by atoms with E-state index in [2.05, 4.69) is 10.3 Å². The summed E-state index contributed by atoms with van der Waals surface area (Å²) in [4.78, 5) is 29.4. The number of nitrogens with zero attached hydrogens (tertiary/aromatic N) is 2. The van der Waals surface area contributed by atoms with E-state index in [0.29, 0.717) is 24.7 Å². The normalized spacial score (nSPS) is 12.4. The third kappa shape index (κ3) is 3.93. The summed E-state index contributed by atoms with van der Waals surface area (Å²) in [6.45, 7) is 2.47. The summed E-state index contributed by atoms with van der Waals surface area (Å²) in [5, 5.41) is 12.8. The van der Waals surface area contributed by atoms with E-state index in [1.54, 1.807) is 19.1 Å². The Morgan fingerprint density at radius 1 is 1.48 bits per heavy atom. The van der Waals surface area contributed by atoms with Crippen molar-refractivity contribution < 1.29 is 23.5 Å². The first kappa shape index (κ1) is 18.9. The number of carbonyl (C=O) groups excluding carboxylic acids is 1. The van der Waals surface area contributed by atoms with Crippen molar-refractivity contribution in [3.8, 4) is 0 Å². The molecule has 2 N–H and O–H groups in total. The fraction of sp³-hybridized carbons (Fsp3) is 0.389. The second-order valence-corrected chi connectivity index (χ2v) is 6.03. The van der Waals surface area contributed by atoms with Gasteiger partial charge < -0.3 is 24.0 Å². The monoisotopic (exact) mass is 375 g/mol. The van der Waals surface area contributed by atoms with Crippen LogP contribution >= 0.6 is 0 Å². The molecule has 144 valence electrons. The Hall–Kier alpha value is -2.91. The molecule has 1 amide bonds. The highest BCUT2D eigenvalue weighted by Crippen LogP contribution is 2.21. The number of rotatable bonds is 8. The standard InChI is InChI=1S/C18H21N3O6/c1-11-14(16(23)19-6-5-12(22)13-4-3-8-26-13)15-17(27-11)20-10-21(18(15)24)7-9-25-2/h3-4,8,10,12,22H,5-7,9H2,1-2H3,(H,19,23). The first-order chi connectivity index (χ1) is 13.0. The number of methoxy groups -OCH3 is 1. The Balaban J connectivity index is 1.77. The average Bonchev–Trinajstić information content (AvgIpc) is 3.28. The Labute approximate surface area is 154 Å². The van der Waals surface area contributed by atoms with Gasteiger partial charge in [0.15, 0.2) is 0 Å². The third-order valence-electron chi connectivity index (χ3n) is 4.19. The fourth-order valence-electron chi connectivity index (χ4n) is 2.79. The van der Waals surface area contributed by atoms with Gasteiger partial charge in [-0.3, -0.25) is 14.2 Å². The van der Waals surface area contributed by atoms with E-state index in [-0.39, 0.29) is 35.2 Å². The number of nitrogens with one attached hydrogen (secondary N) is 1. The molecule has 0 aromatic carbocycles. The lowest BCUT2D eigenvalue weighted by Gasteiger charge is -2.09. The zero-order valence-corrected chi connectivity index (χ0v) is 15.1. The Morgan fingerprint density at radius 3 is 3.00 bits per heavy atom. The van der Waals surface area contributed by atoms with Gasteiger partial charge in [0.2, 0.25) is 5.71 Å². The number of carbonyl (C=O) groups is 1. The first-order valence-electron chi connectivity index (χ1n) is 8.50. The van der Waals surface area contributed by atoms with Crippen molar-refractivity contribution in [2.45, 2.75) is 26.0 Å². The fourth-order valence-corrected chi connectivity index (χ4v) is 2.79. The third-order valence-corrected chi connectivity index (χ3v) is 4.19. The number of aliphatic hydroxyl groups is 1. The maximum Gasteiger partial charge on any atom is 0.265 e. The van der Waals surface area contributed by atoms with Crippen molar-refractivity contribution in [3.63, 3.8) is 0 Å². The molecule has 0 fully saturated rings. The van der Waals surface area contributed by atoms with Crippen LogP contribution in [0.4, 0.5) is 0 Å². The molecule has 0 aliphatic heterocycles. The summed E-state index contributed by atoms with van der Waals surface area (Å²) in [5.74, 6) is 0.281. The van der Waals surface area contributed by atoms with Crippen molar-refractivity contribution >= 4 is 17.0 Å². The minimum Gasteiger partial charge on any atom is -0.467 e. The predicted octanol–water partition coefficient (Wildman–Crippen LogP) is 1.39. The van der Waals surface area contributed by atoms with Crippen LogP contribution in [-0.4, -0.2) is 40.8 Å². The summed E-state index contributed by atoms with van der Waals surface area (Å²) >= 11 is 0. The van der Waals surface area contributed by atoms with Crippen molar-refractivity contribution in [2.24, 2.45) is 0 Å². The van der Waals surface area contributed by atoms with Gasteiger partial charge in [0, 0.05) is 13.7 Å². The van der Waals surface area contributed by atoms with E-state index in [0.717, 1.165) is 0 Å². The topological polar surface area (TPSA) is 120 Å². The SMILES string of the molecule is COCCn1cnc2oc(C)c(C(=O)NCCC(O)c3ccco3)c2c1=O. The molecule has 3 aromatic rings. The molecule has 3 rings (SSSR count). The summed E-state index contributed by atoms with van der Waals surface area (Å²) in [6, 6.07) is 3.34. The molecule has 0 aliphatic rings. The van der Waals surface area contributed by atoms with Crippen molar-refractivity contribution in [1.29, 1.82) is 0 Å². The number of ether oxygens (including phenoxy) is 1. The van der Waals surface area contributed by atoms with Gasteiger partial charge in [0.05, 0.1) is 25.0 Å². The number of fused-ring (bicyclic) bond motifs is 1. The van der Waals surface area contributed by atoms with Crippen molar-refractivity contribution in [2.75, 3.05) is 20.3 Å². The van der Waals surface area contributed by atoms with Crippen LogP contribution in [0.25, 0.3) is 11.1 Å². The molecule has 0 spiro atoms. The highest BCUT2D eigenvalue weighted by molar-refractivity contribution is 6.06. The maximum absolute atomic E-state index is 12.7. The lowest BCUT2D eigenvalue weighted by atomic mass is 10.1. The zero-order valence-electron chi connectivity index (χ0n) is 15.1. The Morgan fingerprint density at radius 2 is 2.30 bits per heavy atom. The van der Waals surface area contributed by atoms with E-state index in [1.807, 2.05) is 0 Å². The average molecular weight is 375 g/mol. The Bertz CT molecular complexity index is 973. The van der Waals surface area contributed by atoms with Crippen LogP contribution in [0.2, 0.25) is 0 Å². The maximum atomic E-state index is 12.7. The van der Waals surface area contributed by atoms with Crippen LogP contribution in [0.1, 0.15) is 34.4 Å². The molecule has 1 atom stereocenters. The van der Waals surface area contributed by atoms with Crippen molar-refractivity contribution in [3.05, 3.63) is 52.2 Å². The second kappa shape index (κ2) is 8.19. The molecule has 0 saturated carbocycles. The highest BCUT2D eigenvalue weighted by atomic mass is 16.5. The van der Waals surface area contributed by atoms with Crippen molar-refractivity contribution in [1.82, 2.24) is 14.9 Å². The lowest BCUT2D eigenvalue weighted by Crippen LogP contribution is -2.28. The van der Waals surface area contributed by atoms with Crippen LogP contribution in [0.5, 0.6) is 0 Å². The van der Waals surface area contributed by atoms with E-state index in [1.165, 1.54) is 24.3 Å². The number of furan rings is 2. The minimum atomic E-state index is -0.824. The number of aryl methyl sites for hydroxylation is 1. The lowest BCUT2D eigenvalue weighted by molar-refractivity contribution is 0.0936. The van der Waals surface area contributed by atoms with Gasteiger partial charge in [-0.05, 0) is 25.5 Å². The summed E-state index contributed by atoms with van der Waals surface area (Å²) in [5.41, 5.74) is -0.0941. The van der Waals surface area contributed by atoms with E-state index in [9.17, 15) is 14.7 Å². The minimum absolute atomic E-state index is 0.118. The molecule has 9 heteroatoms.